The highest BCUT2D eigenvalue weighted by Crippen LogP contribution is 2.33. The Kier molecular flexibility index (Phi) is 8.14. The van der Waals surface area contributed by atoms with Crippen LogP contribution in [0, 0.1) is 6.92 Å². The van der Waals surface area contributed by atoms with Gasteiger partial charge in [-0.2, -0.15) is 0 Å². The Labute approximate surface area is 239 Å². The molecule has 3 aromatic carbocycles. The number of ether oxygens (including phenoxy) is 5. The van der Waals surface area contributed by atoms with E-state index < -0.39 is 0 Å². The monoisotopic (exact) mass is 554 g/mol. The molecule has 2 aromatic heterocycles. The van der Waals surface area contributed by atoms with E-state index in [4.69, 9.17) is 28.7 Å². The van der Waals surface area contributed by atoms with E-state index in [2.05, 4.69) is 35.1 Å². The molecule has 0 fully saturated rings. The minimum atomic E-state index is 0.527. The number of fused-ring (bicyclic) bond motifs is 1. The summed E-state index contributed by atoms with van der Waals surface area (Å²) >= 11 is 0. The lowest BCUT2D eigenvalue weighted by atomic mass is 10.0. The highest BCUT2D eigenvalue weighted by atomic mass is 16.5. The average molecular weight is 555 g/mol. The molecule has 0 bridgehead atoms. The zero-order chi connectivity index (χ0) is 28.9. The topological polar surface area (TPSA) is 79.6 Å². The third-order valence-electron chi connectivity index (χ3n) is 6.92. The molecular weight excluding hydrogens is 520 g/mol. The summed E-state index contributed by atoms with van der Waals surface area (Å²) in [6, 6.07) is 21.9. The Bertz CT molecular complexity index is 1560. The summed E-state index contributed by atoms with van der Waals surface area (Å²) in [7, 11) is 8.23. The van der Waals surface area contributed by atoms with Gasteiger partial charge in [-0.15, -0.1) is 5.10 Å². The first-order valence-electron chi connectivity index (χ1n) is 13.1. The predicted octanol–water partition coefficient (Wildman–Crippen LogP) is 5.95. The Balaban J connectivity index is 1.59. The maximum Gasteiger partial charge on any atom is 0.231 e. The van der Waals surface area contributed by atoms with Gasteiger partial charge in [0.1, 0.15) is 23.0 Å². The van der Waals surface area contributed by atoms with Crippen molar-refractivity contribution in [1.29, 1.82) is 0 Å². The standard InChI is InChI=1S/C32H34N4O5/c1-21-7-8-24(29-20-36-31(33-29)9-10-32(34-36)41-6)15-30(21)35(18-22-11-25(37-2)16-26(12-22)38-3)19-23-13-27(39-4)17-28(14-23)40-5/h7-17,20H,18-19H2,1-6H3. The van der Waals surface area contributed by atoms with E-state index in [-0.39, 0.29) is 0 Å². The van der Waals surface area contributed by atoms with Crippen molar-refractivity contribution in [1.82, 2.24) is 14.6 Å². The molecule has 2 heterocycles. The van der Waals surface area contributed by atoms with Crippen LogP contribution in [-0.4, -0.2) is 50.1 Å². The van der Waals surface area contributed by atoms with Gasteiger partial charge in [0.15, 0.2) is 5.65 Å². The lowest BCUT2D eigenvalue weighted by Gasteiger charge is -2.28. The second-order valence-electron chi connectivity index (χ2n) is 9.60. The number of aromatic nitrogens is 3. The van der Waals surface area contributed by atoms with Crippen molar-refractivity contribution in [2.75, 3.05) is 40.4 Å². The Morgan fingerprint density at radius 3 is 1.73 bits per heavy atom. The zero-order valence-electron chi connectivity index (χ0n) is 24.2. The van der Waals surface area contributed by atoms with E-state index in [0.717, 1.165) is 62.3 Å². The van der Waals surface area contributed by atoms with Crippen LogP contribution in [0.4, 0.5) is 5.69 Å². The van der Waals surface area contributed by atoms with Crippen LogP contribution in [0.2, 0.25) is 0 Å². The van der Waals surface area contributed by atoms with Crippen LogP contribution in [0.3, 0.4) is 0 Å². The first-order chi connectivity index (χ1) is 19.9. The first kappa shape index (κ1) is 27.6. The third-order valence-corrected chi connectivity index (χ3v) is 6.92. The van der Waals surface area contributed by atoms with Gasteiger partial charge < -0.3 is 28.6 Å². The van der Waals surface area contributed by atoms with Gasteiger partial charge >= 0.3 is 0 Å². The van der Waals surface area contributed by atoms with E-state index in [0.29, 0.717) is 19.0 Å². The van der Waals surface area contributed by atoms with Gasteiger partial charge in [-0.1, -0.05) is 12.1 Å². The second-order valence-corrected chi connectivity index (χ2v) is 9.60. The highest BCUT2D eigenvalue weighted by Gasteiger charge is 2.17. The molecule has 9 heteroatoms. The number of hydrogen-bond acceptors (Lipinski definition) is 8. The number of nitrogens with zero attached hydrogens (tertiary/aromatic N) is 4. The number of anilines is 1. The quantitative estimate of drug-likeness (QED) is 0.198. The van der Waals surface area contributed by atoms with E-state index >= 15 is 0 Å². The lowest BCUT2D eigenvalue weighted by Crippen LogP contribution is -2.23. The van der Waals surface area contributed by atoms with Crippen LogP contribution in [0.25, 0.3) is 16.9 Å². The van der Waals surface area contributed by atoms with Gasteiger partial charge in [0.05, 0.1) is 47.4 Å². The fourth-order valence-corrected chi connectivity index (χ4v) is 4.80. The molecule has 0 atom stereocenters. The SMILES string of the molecule is COc1cc(CN(Cc2cc(OC)cc(OC)c2)c2cc(-c3cn4nc(OC)ccc4n3)ccc2C)cc(OC)c1. The summed E-state index contributed by atoms with van der Waals surface area (Å²) in [5.74, 6) is 3.47. The summed E-state index contributed by atoms with van der Waals surface area (Å²) < 4.78 is 29.2. The molecule has 0 spiro atoms. The molecule has 0 unspecified atom stereocenters. The van der Waals surface area contributed by atoms with Crippen LogP contribution in [-0.2, 0) is 13.1 Å². The zero-order valence-corrected chi connectivity index (χ0v) is 24.2. The maximum atomic E-state index is 5.55. The van der Waals surface area contributed by atoms with Crippen molar-refractivity contribution in [2.24, 2.45) is 0 Å². The Hall–Kier alpha value is -4.92. The highest BCUT2D eigenvalue weighted by molar-refractivity contribution is 5.70. The Morgan fingerprint density at radius 2 is 1.22 bits per heavy atom. The molecule has 0 saturated heterocycles. The molecule has 0 aliphatic carbocycles. The minimum Gasteiger partial charge on any atom is -0.497 e. The first-order valence-corrected chi connectivity index (χ1v) is 13.1. The number of rotatable bonds is 11. The maximum absolute atomic E-state index is 5.55. The van der Waals surface area contributed by atoms with Gasteiger partial charge in [0.2, 0.25) is 5.88 Å². The van der Waals surface area contributed by atoms with E-state index in [1.54, 1.807) is 46.1 Å². The van der Waals surface area contributed by atoms with E-state index in [9.17, 15) is 0 Å². The van der Waals surface area contributed by atoms with Crippen molar-refractivity contribution in [3.8, 4) is 40.1 Å². The molecule has 0 aliphatic heterocycles. The van der Waals surface area contributed by atoms with Crippen LogP contribution < -0.4 is 28.6 Å². The van der Waals surface area contributed by atoms with E-state index in [1.807, 2.05) is 48.7 Å². The lowest BCUT2D eigenvalue weighted by molar-refractivity contribution is 0.390. The van der Waals surface area contributed by atoms with Crippen LogP contribution >= 0.6 is 0 Å². The van der Waals surface area contributed by atoms with Gasteiger partial charge in [-0.05, 0) is 60.0 Å². The number of benzene rings is 3. The summed E-state index contributed by atoms with van der Waals surface area (Å²) in [5, 5.41) is 4.47. The number of hydrogen-bond donors (Lipinski definition) is 0. The molecule has 5 aromatic rings. The van der Waals surface area contributed by atoms with Crippen LogP contribution in [0.1, 0.15) is 16.7 Å². The number of imidazole rings is 1. The smallest absolute Gasteiger partial charge is 0.231 e. The van der Waals surface area contributed by atoms with Crippen LogP contribution in [0.5, 0.6) is 28.9 Å². The molecule has 0 amide bonds. The van der Waals surface area contributed by atoms with Gasteiger partial charge in [0, 0.05) is 42.5 Å². The average Bonchev–Trinajstić information content (AvgIpc) is 3.44. The van der Waals surface area contributed by atoms with Crippen molar-refractivity contribution >= 4 is 11.3 Å². The van der Waals surface area contributed by atoms with Crippen molar-refractivity contribution in [2.45, 2.75) is 20.0 Å². The van der Waals surface area contributed by atoms with Gasteiger partial charge in [-0.3, -0.25) is 0 Å². The fraction of sp³-hybridized carbons (Fsp3) is 0.250. The van der Waals surface area contributed by atoms with Crippen molar-refractivity contribution in [3.05, 3.63) is 89.6 Å². The van der Waals surface area contributed by atoms with Crippen LogP contribution in [0.15, 0.2) is 72.9 Å². The molecular formula is C32H34N4O5. The van der Waals surface area contributed by atoms with E-state index in [1.165, 1.54) is 0 Å². The largest absolute Gasteiger partial charge is 0.497 e. The van der Waals surface area contributed by atoms with Gasteiger partial charge in [0.25, 0.3) is 0 Å². The molecule has 0 saturated carbocycles. The second kappa shape index (κ2) is 12.1. The van der Waals surface area contributed by atoms with Crippen molar-refractivity contribution < 1.29 is 23.7 Å². The summed E-state index contributed by atoms with van der Waals surface area (Å²) in [5.41, 5.74) is 6.82. The molecule has 9 nitrogen and oxygen atoms in total. The Morgan fingerprint density at radius 1 is 0.659 bits per heavy atom. The molecule has 212 valence electrons. The third kappa shape index (κ3) is 6.14. The number of methoxy groups -OCH3 is 5. The predicted molar refractivity (Wildman–Crippen MR) is 159 cm³/mol. The summed E-state index contributed by atoms with van der Waals surface area (Å²) in [6.45, 7) is 3.31. The number of aryl methyl sites for hydroxylation is 1. The fourth-order valence-electron chi connectivity index (χ4n) is 4.80. The molecule has 0 radical (unpaired) electrons. The molecule has 0 N–H and O–H groups in total. The minimum absolute atomic E-state index is 0.527. The summed E-state index contributed by atoms with van der Waals surface area (Å²) in [6.07, 6.45) is 1.91. The molecule has 5 rings (SSSR count). The van der Waals surface area contributed by atoms with Gasteiger partial charge in [-0.25, -0.2) is 9.50 Å². The molecule has 0 aliphatic rings. The summed E-state index contributed by atoms with van der Waals surface area (Å²) in [4.78, 5) is 7.13. The molecule has 41 heavy (non-hydrogen) atoms. The van der Waals surface area contributed by atoms with Crippen molar-refractivity contribution in [3.63, 3.8) is 0 Å². The normalized spacial score (nSPS) is 10.9.